The summed E-state index contributed by atoms with van der Waals surface area (Å²) in [6, 6.07) is 6.64. The van der Waals surface area contributed by atoms with Gasteiger partial charge in [0.05, 0.1) is 11.5 Å². The van der Waals surface area contributed by atoms with Gasteiger partial charge in [-0.2, -0.15) is 0 Å². The van der Waals surface area contributed by atoms with E-state index in [-0.39, 0.29) is 11.5 Å². The van der Waals surface area contributed by atoms with Crippen molar-refractivity contribution in [2.75, 3.05) is 11.9 Å². The van der Waals surface area contributed by atoms with Gasteiger partial charge in [0.2, 0.25) is 0 Å². The van der Waals surface area contributed by atoms with E-state index in [1.807, 2.05) is 30.3 Å². The van der Waals surface area contributed by atoms with Gasteiger partial charge >= 0.3 is 0 Å². The van der Waals surface area contributed by atoms with Gasteiger partial charge in [-0.25, -0.2) is 0 Å². The molecule has 110 valence electrons. The lowest BCUT2D eigenvalue weighted by molar-refractivity contribution is -0.384. The van der Waals surface area contributed by atoms with Crippen molar-refractivity contribution in [3.05, 3.63) is 55.8 Å². The molecule has 0 bridgehead atoms. The second kappa shape index (κ2) is 6.05. The normalized spacial score (nSPS) is 10.4. The van der Waals surface area contributed by atoms with Gasteiger partial charge in [-0.1, -0.05) is 0 Å². The second-order valence-electron chi connectivity index (χ2n) is 4.90. The average molecular weight is 304 g/mol. The number of hydrogen-bond acceptors (Lipinski definition) is 5. The fourth-order valence-electron chi connectivity index (χ4n) is 2.08. The predicted molar refractivity (Wildman–Crippen MR) is 84.3 cm³/mol. The molecular weight excluding hydrogens is 288 g/mol. The first-order chi connectivity index (χ1) is 9.90. The van der Waals surface area contributed by atoms with Gasteiger partial charge in [-0.3, -0.25) is 14.9 Å². The van der Waals surface area contributed by atoms with Crippen LogP contribution in [0.4, 0.5) is 11.4 Å². The van der Waals surface area contributed by atoms with Gasteiger partial charge in [0.1, 0.15) is 5.69 Å². The molecule has 5 nitrogen and oxygen atoms in total. The Morgan fingerprint density at radius 2 is 2.10 bits per heavy atom. The van der Waals surface area contributed by atoms with E-state index in [0.717, 1.165) is 0 Å². The fourth-order valence-corrected chi connectivity index (χ4v) is 3.04. The van der Waals surface area contributed by atoms with Gasteiger partial charge in [-0.05, 0) is 43.0 Å². The van der Waals surface area contributed by atoms with Crippen molar-refractivity contribution in [1.29, 1.82) is 0 Å². The zero-order chi connectivity index (χ0) is 15.6. The minimum absolute atomic E-state index is 0.0422. The standard InChI is InChI=1S/C15H16N2O3S/c1-10-6-7-21-15(10)9-16(3)13-5-4-12(11(2)18)8-14(13)17(19)20/h4-8H,9H2,1-3H3. The molecule has 0 aliphatic heterocycles. The Morgan fingerprint density at radius 3 is 2.62 bits per heavy atom. The highest BCUT2D eigenvalue weighted by atomic mass is 32.1. The molecule has 0 amide bonds. The minimum atomic E-state index is -0.445. The molecule has 2 aromatic rings. The number of nitro groups is 1. The van der Waals surface area contributed by atoms with Crippen LogP contribution < -0.4 is 4.90 Å². The number of Topliss-reactive ketones (excluding diaryl/α,β-unsaturated/α-hetero) is 1. The molecule has 0 aliphatic rings. The fraction of sp³-hybridized carbons (Fsp3) is 0.267. The summed E-state index contributed by atoms with van der Waals surface area (Å²) < 4.78 is 0. The smallest absolute Gasteiger partial charge is 0.293 e. The summed E-state index contributed by atoms with van der Waals surface area (Å²) in [5.74, 6) is -0.179. The molecule has 0 radical (unpaired) electrons. The number of thiophene rings is 1. The monoisotopic (exact) mass is 304 g/mol. The Bertz CT molecular complexity index is 694. The molecule has 0 aliphatic carbocycles. The van der Waals surface area contributed by atoms with Crippen molar-refractivity contribution in [1.82, 2.24) is 0 Å². The van der Waals surface area contributed by atoms with Gasteiger partial charge in [-0.15, -0.1) is 11.3 Å². The summed E-state index contributed by atoms with van der Waals surface area (Å²) >= 11 is 1.63. The van der Waals surface area contributed by atoms with Crippen molar-refractivity contribution in [2.45, 2.75) is 20.4 Å². The van der Waals surface area contributed by atoms with Crippen LogP contribution in [0.5, 0.6) is 0 Å². The molecule has 0 spiro atoms. The van der Waals surface area contributed by atoms with E-state index in [1.54, 1.807) is 23.5 Å². The molecule has 2 rings (SSSR count). The van der Waals surface area contributed by atoms with Crippen LogP contribution in [0.1, 0.15) is 27.7 Å². The predicted octanol–water partition coefficient (Wildman–Crippen LogP) is 3.80. The summed E-state index contributed by atoms with van der Waals surface area (Å²) in [7, 11) is 1.81. The van der Waals surface area contributed by atoms with Crippen LogP contribution in [0, 0.1) is 17.0 Å². The van der Waals surface area contributed by atoms with Gasteiger partial charge < -0.3 is 4.90 Å². The van der Waals surface area contributed by atoms with E-state index in [9.17, 15) is 14.9 Å². The highest BCUT2D eigenvalue weighted by Gasteiger charge is 2.19. The first-order valence-electron chi connectivity index (χ1n) is 6.43. The topological polar surface area (TPSA) is 63.5 Å². The summed E-state index contributed by atoms with van der Waals surface area (Å²) in [5, 5.41) is 13.2. The Labute approximate surface area is 127 Å². The van der Waals surface area contributed by atoms with E-state index in [2.05, 4.69) is 0 Å². The number of hydrogen-bond donors (Lipinski definition) is 0. The van der Waals surface area contributed by atoms with Crippen LogP contribution in [0.3, 0.4) is 0 Å². The summed E-state index contributed by atoms with van der Waals surface area (Å²) in [6.07, 6.45) is 0. The minimum Gasteiger partial charge on any atom is -0.364 e. The van der Waals surface area contributed by atoms with Gasteiger partial charge in [0.15, 0.2) is 5.78 Å². The van der Waals surface area contributed by atoms with E-state index in [0.29, 0.717) is 17.8 Å². The van der Waals surface area contributed by atoms with Crippen LogP contribution >= 0.6 is 11.3 Å². The molecule has 1 aromatic heterocycles. The number of rotatable bonds is 5. The molecular formula is C15H16N2O3S. The SMILES string of the molecule is CC(=O)c1ccc(N(C)Cc2sccc2C)c([N+](=O)[O-])c1. The number of nitrogens with zero attached hydrogens (tertiary/aromatic N) is 2. The number of nitro benzene ring substituents is 1. The highest BCUT2D eigenvalue weighted by Crippen LogP contribution is 2.30. The van der Waals surface area contributed by atoms with Gasteiger partial charge in [0.25, 0.3) is 5.69 Å². The molecule has 0 saturated carbocycles. The average Bonchev–Trinajstić information content (AvgIpc) is 2.83. The third-order valence-electron chi connectivity index (χ3n) is 3.34. The summed E-state index contributed by atoms with van der Waals surface area (Å²) in [5.41, 5.74) is 2.00. The maximum atomic E-state index is 11.4. The Kier molecular flexibility index (Phi) is 4.37. The quantitative estimate of drug-likeness (QED) is 0.479. The van der Waals surface area contributed by atoms with E-state index >= 15 is 0 Å². The second-order valence-corrected chi connectivity index (χ2v) is 5.90. The molecule has 1 aromatic carbocycles. The zero-order valence-corrected chi connectivity index (χ0v) is 12.9. The Balaban J connectivity index is 2.36. The maximum Gasteiger partial charge on any atom is 0.293 e. The van der Waals surface area contributed by atoms with Crippen molar-refractivity contribution in [3.63, 3.8) is 0 Å². The van der Waals surface area contributed by atoms with Crippen molar-refractivity contribution < 1.29 is 9.72 Å². The van der Waals surface area contributed by atoms with E-state index in [4.69, 9.17) is 0 Å². The molecule has 0 atom stereocenters. The van der Waals surface area contributed by atoms with Crippen molar-refractivity contribution >= 4 is 28.5 Å². The molecule has 6 heteroatoms. The maximum absolute atomic E-state index is 11.4. The lowest BCUT2D eigenvalue weighted by Gasteiger charge is -2.19. The number of benzene rings is 1. The van der Waals surface area contributed by atoms with E-state index in [1.165, 1.54) is 23.4 Å². The third-order valence-corrected chi connectivity index (χ3v) is 4.35. The largest absolute Gasteiger partial charge is 0.364 e. The van der Waals surface area contributed by atoms with E-state index < -0.39 is 4.92 Å². The number of ketones is 1. The van der Waals surface area contributed by atoms with Gasteiger partial charge in [0, 0.05) is 23.6 Å². The van der Waals surface area contributed by atoms with Crippen molar-refractivity contribution in [2.24, 2.45) is 0 Å². The highest BCUT2D eigenvalue weighted by molar-refractivity contribution is 7.10. The zero-order valence-electron chi connectivity index (χ0n) is 12.1. The molecule has 0 fully saturated rings. The first-order valence-corrected chi connectivity index (χ1v) is 7.31. The number of anilines is 1. The third kappa shape index (κ3) is 3.28. The number of carbonyl (C=O) groups excluding carboxylic acids is 1. The summed E-state index contributed by atoms with van der Waals surface area (Å²) in [4.78, 5) is 25.2. The lowest BCUT2D eigenvalue weighted by Crippen LogP contribution is -2.17. The molecule has 21 heavy (non-hydrogen) atoms. The number of aryl methyl sites for hydroxylation is 1. The lowest BCUT2D eigenvalue weighted by atomic mass is 10.1. The van der Waals surface area contributed by atoms with Crippen LogP contribution in [0.25, 0.3) is 0 Å². The summed E-state index contributed by atoms with van der Waals surface area (Å²) in [6.45, 7) is 4.02. The van der Waals surface area contributed by atoms with Crippen LogP contribution in [0.15, 0.2) is 29.6 Å². The molecule has 0 unspecified atom stereocenters. The molecule has 0 N–H and O–H groups in total. The molecule has 1 heterocycles. The Hall–Kier alpha value is -2.21. The first kappa shape index (κ1) is 15.2. The Morgan fingerprint density at radius 1 is 1.38 bits per heavy atom. The van der Waals surface area contributed by atoms with Crippen molar-refractivity contribution in [3.8, 4) is 0 Å². The van der Waals surface area contributed by atoms with Crippen LogP contribution in [-0.2, 0) is 6.54 Å². The molecule has 0 saturated heterocycles. The van der Waals surface area contributed by atoms with Crippen LogP contribution in [0.2, 0.25) is 0 Å². The number of carbonyl (C=O) groups is 1. The van der Waals surface area contributed by atoms with Crippen LogP contribution in [-0.4, -0.2) is 17.8 Å².